The number of hydrogen-bond acceptors (Lipinski definition) is 1. The van der Waals surface area contributed by atoms with Crippen LogP contribution in [0.5, 0.6) is 0 Å². The number of carbonyl (C=O) groups is 1. The van der Waals surface area contributed by atoms with Gasteiger partial charge in [-0.15, -0.1) is 0 Å². The number of aromatic carboxylic acids is 1. The zero-order valence-corrected chi connectivity index (χ0v) is 5.59. The fraction of sp³-hybridized carbons (Fsp3) is 0. The van der Waals surface area contributed by atoms with E-state index in [0.717, 1.165) is 11.0 Å². The van der Waals surface area contributed by atoms with Gasteiger partial charge in [0.2, 0.25) is 0 Å². The molecule has 0 aromatic carbocycles. The van der Waals surface area contributed by atoms with Crippen molar-refractivity contribution in [2.75, 3.05) is 0 Å². The lowest BCUT2D eigenvalue weighted by atomic mass is 10.4. The number of carboxylic acid groups (broad SMARTS) is 1. The molecule has 2 aromatic heterocycles. The number of carboxylic acids is 1. The minimum Gasteiger partial charge on any atom is -0.477 e. The zero-order chi connectivity index (χ0) is 7.84. The van der Waals surface area contributed by atoms with Crippen molar-refractivity contribution in [2.45, 2.75) is 0 Å². The lowest BCUT2D eigenvalue weighted by molar-refractivity contribution is 0.0691. The first-order chi connectivity index (χ1) is 5.27. The van der Waals surface area contributed by atoms with Gasteiger partial charge in [-0.05, 0) is 12.1 Å². The van der Waals surface area contributed by atoms with Gasteiger partial charge in [0.1, 0.15) is 11.3 Å². The summed E-state index contributed by atoms with van der Waals surface area (Å²) in [5, 5.41) is 9.45. The number of H-pyrrole nitrogens is 2. The number of nitrogens with one attached hydrogen (secondary N) is 2. The molecule has 0 fully saturated rings. The minimum absolute atomic E-state index is 0.215. The maximum Gasteiger partial charge on any atom is 0.352 e. The molecular weight excluding hydrogens is 144 g/mol. The van der Waals surface area contributed by atoms with E-state index >= 15 is 0 Å². The van der Waals surface area contributed by atoms with Crippen LogP contribution >= 0.6 is 0 Å². The van der Waals surface area contributed by atoms with Gasteiger partial charge in [0.05, 0.1) is 0 Å². The Morgan fingerprint density at radius 1 is 1.55 bits per heavy atom. The normalized spacial score (nSPS) is 10.5. The third-order valence-corrected chi connectivity index (χ3v) is 1.57. The van der Waals surface area contributed by atoms with Crippen LogP contribution in [-0.2, 0) is 0 Å². The van der Waals surface area contributed by atoms with Gasteiger partial charge in [0, 0.05) is 11.6 Å². The molecule has 0 aliphatic carbocycles. The standard InChI is InChI=1S/C7H6N2O2/c10-7(11)5-3-4-1-2-8-6(4)9-5/h1-3,8-9H,(H,10,11). The molecule has 0 atom stereocenters. The summed E-state index contributed by atoms with van der Waals surface area (Å²) in [7, 11) is 0. The van der Waals surface area contributed by atoms with Crippen LogP contribution in [0.3, 0.4) is 0 Å². The number of rotatable bonds is 1. The Hall–Kier alpha value is -1.71. The molecule has 0 aliphatic rings. The summed E-state index contributed by atoms with van der Waals surface area (Å²) in [4.78, 5) is 16.0. The monoisotopic (exact) mass is 150 g/mol. The molecule has 0 unspecified atom stereocenters. The third kappa shape index (κ3) is 0.797. The molecule has 0 saturated heterocycles. The fourth-order valence-corrected chi connectivity index (χ4v) is 1.05. The summed E-state index contributed by atoms with van der Waals surface area (Å²) in [6.45, 7) is 0. The average Bonchev–Trinajstić information content (AvgIpc) is 2.40. The molecule has 56 valence electrons. The van der Waals surface area contributed by atoms with Gasteiger partial charge in [-0.2, -0.15) is 0 Å². The van der Waals surface area contributed by atoms with Gasteiger partial charge in [-0.25, -0.2) is 4.79 Å². The highest BCUT2D eigenvalue weighted by Crippen LogP contribution is 2.12. The molecule has 4 nitrogen and oxygen atoms in total. The van der Waals surface area contributed by atoms with Crippen LogP contribution in [0, 0.1) is 0 Å². The first-order valence-corrected chi connectivity index (χ1v) is 3.17. The van der Waals surface area contributed by atoms with Gasteiger partial charge >= 0.3 is 5.97 Å². The second-order valence-corrected chi connectivity index (χ2v) is 2.30. The summed E-state index contributed by atoms with van der Waals surface area (Å²) in [6.07, 6.45) is 1.76. The summed E-state index contributed by atoms with van der Waals surface area (Å²) in [5.41, 5.74) is 0.967. The predicted octanol–water partition coefficient (Wildman–Crippen LogP) is 1.19. The van der Waals surface area contributed by atoms with Crippen LogP contribution in [0.25, 0.3) is 11.0 Å². The van der Waals surface area contributed by atoms with E-state index in [1.807, 2.05) is 6.07 Å². The van der Waals surface area contributed by atoms with Crippen LogP contribution in [-0.4, -0.2) is 21.0 Å². The van der Waals surface area contributed by atoms with E-state index in [0.29, 0.717) is 0 Å². The predicted molar refractivity (Wildman–Crippen MR) is 39.6 cm³/mol. The Kier molecular flexibility index (Phi) is 1.03. The van der Waals surface area contributed by atoms with Crippen molar-refractivity contribution in [2.24, 2.45) is 0 Å². The van der Waals surface area contributed by atoms with Gasteiger partial charge in [-0.3, -0.25) is 0 Å². The van der Waals surface area contributed by atoms with Crippen molar-refractivity contribution >= 4 is 17.0 Å². The molecule has 0 spiro atoms. The van der Waals surface area contributed by atoms with Crippen LogP contribution in [0.2, 0.25) is 0 Å². The topological polar surface area (TPSA) is 68.9 Å². The highest BCUT2D eigenvalue weighted by molar-refractivity contribution is 5.92. The van der Waals surface area contributed by atoms with E-state index in [2.05, 4.69) is 9.97 Å². The van der Waals surface area contributed by atoms with E-state index < -0.39 is 5.97 Å². The first-order valence-electron chi connectivity index (χ1n) is 3.17. The smallest absolute Gasteiger partial charge is 0.352 e. The summed E-state index contributed by atoms with van der Waals surface area (Å²) < 4.78 is 0. The van der Waals surface area contributed by atoms with Crippen molar-refractivity contribution in [1.29, 1.82) is 0 Å². The molecule has 0 amide bonds. The summed E-state index contributed by atoms with van der Waals surface area (Å²) in [6, 6.07) is 3.41. The molecule has 0 saturated carbocycles. The van der Waals surface area contributed by atoms with E-state index in [9.17, 15) is 4.79 Å². The van der Waals surface area contributed by atoms with E-state index in [1.54, 1.807) is 12.3 Å². The highest BCUT2D eigenvalue weighted by atomic mass is 16.4. The average molecular weight is 150 g/mol. The quantitative estimate of drug-likeness (QED) is 0.571. The Morgan fingerprint density at radius 3 is 3.00 bits per heavy atom. The van der Waals surface area contributed by atoms with Gasteiger partial charge in [0.15, 0.2) is 0 Å². The molecule has 4 heteroatoms. The largest absolute Gasteiger partial charge is 0.477 e. The van der Waals surface area contributed by atoms with Gasteiger partial charge < -0.3 is 15.1 Å². The maximum absolute atomic E-state index is 10.4. The molecule has 2 aromatic rings. The second-order valence-electron chi connectivity index (χ2n) is 2.30. The minimum atomic E-state index is -0.936. The number of fused-ring (bicyclic) bond motifs is 1. The molecular formula is C7H6N2O2. The van der Waals surface area contributed by atoms with Crippen molar-refractivity contribution in [1.82, 2.24) is 9.97 Å². The number of hydrogen-bond donors (Lipinski definition) is 3. The van der Waals surface area contributed by atoms with E-state index in [4.69, 9.17) is 5.11 Å². The SMILES string of the molecule is O=C(O)c1cc2cc[nH]c2[nH]1. The van der Waals surface area contributed by atoms with Crippen LogP contribution in [0.15, 0.2) is 18.3 Å². The van der Waals surface area contributed by atoms with Crippen LogP contribution in [0.1, 0.15) is 10.5 Å². The van der Waals surface area contributed by atoms with Crippen molar-refractivity contribution < 1.29 is 9.90 Å². The Morgan fingerprint density at radius 2 is 2.36 bits per heavy atom. The van der Waals surface area contributed by atoms with Crippen molar-refractivity contribution in [3.8, 4) is 0 Å². The van der Waals surface area contributed by atoms with Crippen molar-refractivity contribution in [3.05, 3.63) is 24.0 Å². The van der Waals surface area contributed by atoms with Crippen molar-refractivity contribution in [3.63, 3.8) is 0 Å². The Balaban J connectivity index is 2.67. The molecule has 2 rings (SSSR count). The molecule has 0 bridgehead atoms. The summed E-state index contributed by atoms with van der Waals surface area (Å²) >= 11 is 0. The van der Waals surface area contributed by atoms with Crippen LogP contribution in [0.4, 0.5) is 0 Å². The lowest BCUT2D eigenvalue weighted by Crippen LogP contribution is -1.95. The maximum atomic E-state index is 10.4. The Labute approximate surface area is 61.9 Å². The fourth-order valence-electron chi connectivity index (χ4n) is 1.05. The molecule has 0 aliphatic heterocycles. The van der Waals surface area contributed by atoms with Gasteiger partial charge in [0.25, 0.3) is 0 Å². The van der Waals surface area contributed by atoms with Crippen LogP contribution < -0.4 is 0 Å². The zero-order valence-electron chi connectivity index (χ0n) is 5.59. The van der Waals surface area contributed by atoms with E-state index in [-0.39, 0.29) is 5.69 Å². The summed E-state index contributed by atoms with van der Waals surface area (Å²) in [5.74, 6) is -0.936. The second kappa shape index (κ2) is 1.88. The van der Waals surface area contributed by atoms with Gasteiger partial charge in [-0.1, -0.05) is 0 Å². The Bertz CT molecular complexity index is 371. The number of aromatic amines is 2. The molecule has 11 heavy (non-hydrogen) atoms. The number of aromatic nitrogens is 2. The van der Waals surface area contributed by atoms with E-state index in [1.165, 1.54) is 0 Å². The first kappa shape index (κ1) is 6.03. The lowest BCUT2D eigenvalue weighted by Gasteiger charge is -1.82. The third-order valence-electron chi connectivity index (χ3n) is 1.57. The molecule has 0 radical (unpaired) electrons. The molecule has 3 N–H and O–H groups in total. The molecule has 2 heterocycles. The highest BCUT2D eigenvalue weighted by Gasteiger charge is 2.06.